The molecule has 0 aliphatic rings. The zero-order chi connectivity index (χ0) is 13.8. The highest BCUT2D eigenvalue weighted by atomic mass is 35.5. The molecule has 1 aromatic heterocycles. The summed E-state index contributed by atoms with van der Waals surface area (Å²) < 4.78 is 14.1. The van der Waals surface area contributed by atoms with Crippen LogP contribution in [0.15, 0.2) is 36.5 Å². The first-order valence-corrected chi connectivity index (χ1v) is 6.60. The third kappa shape index (κ3) is 3.31. The van der Waals surface area contributed by atoms with Crippen molar-refractivity contribution in [2.75, 3.05) is 6.54 Å². The molecule has 1 heterocycles. The van der Waals surface area contributed by atoms with Crippen molar-refractivity contribution in [1.29, 1.82) is 0 Å². The quantitative estimate of drug-likeness (QED) is 0.918. The molecule has 0 saturated heterocycles. The van der Waals surface area contributed by atoms with E-state index in [1.807, 2.05) is 26.0 Å². The molecule has 0 spiro atoms. The van der Waals surface area contributed by atoms with Crippen LogP contribution in [0.4, 0.5) is 4.39 Å². The number of aromatic nitrogens is 1. The van der Waals surface area contributed by atoms with Crippen molar-refractivity contribution in [3.8, 4) is 0 Å². The second-order valence-electron chi connectivity index (χ2n) is 4.41. The van der Waals surface area contributed by atoms with Crippen LogP contribution in [0.3, 0.4) is 0 Å². The van der Waals surface area contributed by atoms with Crippen molar-refractivity contribution in [2.45, 2.75) is 19.9 Å². The van der Waals surface area contributed by atoms with Crippen molar-refractivity contribution in [1.82, 2.24) is 10.3 Å². The minimum atomic E-state index is -0.318. The molecule has 0 aliphatic carbocycles. The fraction of sp³-hybridized carbons (Fsp3) is 0.267. The molecule has 2 aromatic rings. The Bertz CT molecular complexity index is 572. The Balaban J connectivity index is 2.45. The van der Waals surface area contributed by atoms with E-state index in [9.17, 15) is 4.39 Å². The van der Waals surface area contributed by atoms with E-state index >= 15 is 0 Å². The molecule has 0 aliphatic heterocycles. The summed E-state index contributed by atoms with van der Waals surface area (Å²) in [5.41, 5.74) is 2.47. The van der Waals surface area contributed by atoms with Crippen molar-refractivity contribution >= 4 is 11.6 Å². The zero-order valence-corrected chi connectivity index (χ0v) is 11.7. The van der Waals surface area contributed by atoms with Crippen LogP contribution in [0.2, 0.25) is 5.02 Å². The van der Waals surface area contributed by atoms with Crippen LogP contribution in [0.5, 0.6) is 0 Å². The topological polar surface area (TPSA) is 24.9 Å². The van der Waals surface area contributed by atoms with Crippen LogP contribution in [0.25, 0.3) is 0 Å². The van der Waals surface area contributed by atoms with Gasteiger partial charge in [0.2, 0.25) is 0 Å². The standard InChI is InChI=1S/C15H16ClFN2/c1-3-18-15(14-8-10(2)6-7-19-14)12-5-4-11(16)9-13(12)17/h4-9,15,18H,3H2,1-2H3. The maximum atomic E-state index is 14.1. The Hall–Kier alpha value is -1.45. The number of hydrogen-bond acceptors (Lipinski definition) is 2. The summed E-state index contributed by atoms with van der Waals surface area (Å²) in [4.78, 5) is 4.34. The molecule has 1 unspecified atom stereocenters. The monoisotopic (exact) mass is 278 g/mol. The first kappa shape index (κ1) is 14.0. The second kappa shape index (κ2) is 6.13. The first-order chi connectivity index (χ1) is 9.11. The van der Waals surface area contributed by atoms with Crippen LogP contribution >= 0.6 is 11.6 Å². The molecule has 0 fully saturated rings. The average molecular weight is 279 g/mol. The maximum Gasteiger partial charge on any atom is 0.129 e. The summed E-state index contributed by atoms with van der Waals surface area (Å²) >= 11 is 5.79. The number of halogens is 2. The largest absolute Gasteiger partial charge is 0.305 e. The summed E-state index contributed by atoms with van der Waals surface area (Å²) in [7, 11) is 0. The predicted molar refractivity (Wildman–Crippen MR) is 75.9 cm³/mol. The molecule has 19 heavy (non-hydrogen) atoms. The summed E-state index contributed by atoms with van der Waals surface area (Å²) in [6, 6.07) is 8.35. The molecule has 0 saturated carbocycles. The summed E-state index contributed by atoms with van der Waals surface area (Å²) in [6.07, 6.45) is 1.74. The van der Waals surface area contributed by atoms with E-state index in [0.29, 0.717) is 10.6 Å². The average Bonchev–Trinajstić information content (AvgIpc) is 2.37. The third-order valence-corrected chi connectivity index (χ3v) is 3.15. The molecule has 2 nitrogen and oxygen atoms in total. The molecule has 1 N–H and O–H groups in total. The molecule has 100 valence electrons. The zero-order valence-electron chi connectivity index (χ0n) is 11.0. The van der Waals surface area contributed by atoms with Crippen LogP contribution in [0.1, 0.15) is 29.8 Å². The summed E-state index contributed by atoms with van der Waals surface area (Å²) in [6.45, 7) is 4.70. The first-order valence-electron chi connectivity index (χ1n) is 6.22. The Morgan fingerprint density at radius 1 is 1.32 bits per heavy atom. The van der Waals surface area contributed by atoms with Gasteiger partial charge in [0, 0.05) is 16.8 Å². The van der Waals surface area contributed by atoms with E-state index in [0.717, 1.165) is 17.8 Å². The van der Waals surface area contributed by atoms with Gasteiger partial charge < -0.3 is 5.32 Å². The summed E-state index contributed by atoms with van der Waals surface area (Å²) in [5.74, 6) is -0.318. The van der Waals surface area contributed by atoms with Gasteiger partial charge in [-0.15, -0.1) is 0 Å². The molecule has 1 atom stereocenters. The normalized spacial score (nSPS) is 12.4. The van der Waals surface area contributed by atoms with Crippen LogP contribution in [-0.2, 0) is 0 Å². The van der Waals surface area contributed by atoms with Gasteiger partial charge in [0.25, 0.3) is 0 Å². The van der Waals surface area contributed by atoms with Crippen molar-refractivity contribution in [3.63, 3.8) is 0 Å². The summed E-state index contributed by atoms with van der Waals surface area (Å²) in [5, 5.41) is 3.65. The SMILES string of the molecule is CCNC(c1cc(C)ccn1)c1ccc(Cl)cc1F. The Morgan fingerprint density at radius 3 is 2.74 bits per heavy atom. The minimum absolute atomic E-state index is 0.262. The highest BCUT2D eigenvalue weighted by Crippen LogP contribution is 2.25. The molecule has 4 heteroatoms. The van der Waals surface area contributed by atoms with Gasteiger partial charge in [0.1, 0.15) is 5.82 Å². The van der Waals surface area contributed by atoms with E-state index in [1.54, 1.807) is 18.3 Å². The Kier molecular flexibility index (Phi) is 4.51. The molecule has 1 aromatic carbocycles. The van der Waals surface area contributed by atoms with Gasteiger partial charge in [-0.05, 0) is 43.3 Å². The number of hydrogen-bond donors (Lipinski definition) is 1. The Labute approximate surface area is 117 Å². The van der Waals surface area contributed by atoms with Gasteiger partial charge in [-0.2, -0.15) is 0 Å². The third-order valence-electron chi connectivity index (χ3n) is 2.91. The molecular formula is C15H16ClFN2. The number of benzene rings is 1. The number of nitrogens with zero attached hydrogens (tertiary/aromatic N) is 1. The van der Waals surface area contributed by atoms with Crippen LogP contribution in [-0.4, -0.2) is 11.5 Å². The van der Waals surface area contributed by atoms with Gasteiger partial charge in [-0.25, -0.2) is 4.39 Å². The number of pyridine rings is 1. The Morgan fingerprint density at radius 2 is 2.11 bits per heavy atom. The van der Waals surface area contributed by atoms with Crippen LogP contribution < -0.4 is 5.32 Å². The van der Waals surface area contributed by atoms with Crippen molar-refractivity contribution in [3.05, 3.63) is 64.2 Å². The lowest BCUT2D eigenvalue weighted by Crippen LogP contribution is -2.24. The fourth-order valence-corrected chi connectivity index (χ4v) is 2.19. The number of rotatable bonds is 4. The molecule has 0 amide bonds. The highest BCUT2D eigenvalue weighted by Gasteiger charge is 2.18. The van der Waals surface area contributed by atoms with E-state index in [4.69, 9.17) is 11.6 Å². The maximum absolute atomic E-state index is 14.1. The van der Waals surface area contributed by atoms with E-state index in [1.165, 1.54) is 6.07 Å². The van der Waals surface area contributed by atoms with Gasteiger partial charge >= 0.3 is 0 Å². The fourth-order valence-electron chi connectivity index (χ4n) is 2.03. The van der Waals surface area contributed by atoms with Crippen molar-refractivity contribution < 1.29 is 4.39 Å². The molecule has 0 bridgehead atoms. The highest BCUT2D eigenvalue weighted by molar-refractivity contribution is 6.30. The van der Waals surface area contributed by atoms with Crippen molar-refractivity contribution in [2.24, 2.45) is 0 Å². The van der Waals surface area contributed by atoms with E-state index in [2.05, 4.69) is 10.3 Å². The molecule has 0 radical (unpaired) electrons. The van der Waals surface area contributed by atoms with Crippen LogP contribution in [0, 0.1) is 12.7 Å². The number of nitrogens with one attached hydrogen (secondary N) is 1. The lowest BCUT2D eigenvalue weighted by atomic mass is 10.0. The molecule has 2 rings (SSSR count). The van der Waals surface area contributed by atoms with E-state index < -0.39 is 0 Å². The van der Waals surface area contributed by atoms with Gasteiger partial charge in [-0.3, -0.25) is 4.98 Å². The van der Waals surface area contributed by atoms with Gasteiger partial charge in [0.15, 0.2) is 0 Å². The number of aryl methyl sites for hydroxylation is 1. The molecular weight excluding hydrogens is 263 g/mol. The smallest absolute Gasteiger partial charge is 0.129 e. The van der Waals surface area contributed by atoms with Gasteiger partial charge in [0.05, 0.1) is 11.7 Å². The second-order valence-corrected chi connectivity index (χ2v) is 4.85. The lowest BCUT2D eigenvalue weighted by molar-refractivity contribution is 0.552. The van der Waals surface area contributed by atoms with Gasteiger partial charge in [-0.1, -0.05) is 24.6 Å². The lowest BCUT2D eigenvalue weighted by Gasteiger charge is -2.19. The van der Waals surface area contributed by atoms with E-state index in [-0.39, 0.29) is 11.9 Å². The minimum Gasteiger partial charge on any atom is -0.305 e. The predicted octanol–water partition coefficient (Wildman–Crippen LogP) is 3.88.